The third-order valence-corrected chi connectivity index (χ3v) is 15.0. The number of alkyl halides is 1. The Labute approximate surface area is 396 Å². The van der Waals surface area contributed by atoms with Gasteiger partial charge in [0.1, 0.15) is 6.67 Å². The summed E-state index contributed by atoms with van der Waals surface area (Å²) in [5.74, 6) is 3.36. The second-order valence-corrected chi connectivity index (χ2v) is 20.3. The van der Waals surface area contributed by atoms with Gasteiger partial charge in [-0.2, -0.15) is 0 Å². The van der Waals surface area contributed by atoms with Gasteiger partial charge in [0.15, 0.2) is 11.6 Å². The van der Waals surface area contributed by atoms with Crippen LogP contribution in [0.3, 0.4) is 0 Å². The smallest absolute Gasteiger partial charge is 0.254 e. The molecule has 4 N–H and O–H groups in total. The van der Waals surface area contributed by atoms with Crippen LogP contribution in [0.15, 0.2) is 72.8 Å². The van der Waals surface area contributed by atoms with Crippen molar-refractivity contribution in [2.75, 3.05) is 32.9 Å². The molecule has 4 aromatic heterocycles. The van der Waals surface area contributed by atoms with E-state index >= 15 is 0 Å². The minimum atomic E-state index is -0.646. The van der Waals surface area contributed by atoms with E-state index in [1.165, 1.54) is 64.3 Å². The van der Waals surface area contributed by atoms with E-state index < -0.39 is 12.7 Å². The molecule has 352 valence electrons. The molecule has 2 amide bonds. The standard InChI is InChI=1S/C28H33N5O.C27H30FN5O/c1-4-19-6-5-7-21-13-25(33(26(19)21)16-18-8-9-18)27-30-23-14-22-20(12-24(23)31(27)3)10-11-32(28(22)34)15-17(2)29;1-16-4-3-5-19-11-24(33(25(16)19)14-17-6-7-17)26-30-22-12-21-18(10-23(22)31(26)2)8-9-32(27(21)34)15-20(29)13-28/h5-7,12-14,17-18H,4,8-11,15-16,29H2,1-3H3;3-5,10-12,17,20H,6-9,13-15,29H2,1-2H3. The van der Waals surface area contributed by atoms with E-state index in [0.29, 0.717) is 18.7 Å². The van der Waals surface area contributed by atoms with Crippen LogP contribution >= 0.6 is 0 Å². The molecular weight excluding hydrogens is 852 g/mol. The molecule has 12 nitrogen and oxygen atoms in total. The fourth-order valence-electron chi connectivity index (χ4n) is 11.0. The minimum Gasteiger partial charge on any atom is -0.337 e. The number of carbonyl (C=O) groups is 2. The number of imidazole rings is 2. The Morgan fingerprint density at radius 3 is 1.69 bits per heavy atom. The second-order valence-electron chi connectivity index (χ2n) is 20.3. The summed E-state index contributed by atoms with van der Waals surface area (Å²) in [7, 11) is 4.16. The van der Waals surface area contributed by atoms with E-state index in [1.807, 2.05) is 24.0 Å². The number of hydrogen-bond donors (Lipinski definition) is 2. The van der Waals surface area contributed by atoms with E-state index in [9.17, 15) is 14.0 Å². The summed E-state index contributed by atoms with van der Waals surface area (Å²) < 4.78 is 22.2. The molecule has 2 aliphatic carbocycles. The highest BCUT2D eigenvalue weighted by Crippen LogP contribution is 2.40. The van der Waals surface area contributed by atoms with Crippen LogP contribution in [-0.4, -0.2) is 94.8 Å². The summed E-state index contributed by atoms with van der Waals surface area (Å²) in [6.07, 6.45) is 7.78. The van der Waals surface area contributed by atoms with Crippen molar-refractivity contribution >= 4 is 55.7 Å². The predicted molar refractivity (Wildman–Crippen MR) is 270 cm³/mol. The van der Waals surface area contributed by atoms with Crippen molar-refractivity contribution in [1.82, 2.24) is 38.0 Å². The molecule has 4 aromatic carbocycles. The molecule has 2 aliphatic heterocycles. The summed E-state index contributed by atoms with van der Waals surface area (Å²) in [5.41, 5.74) is 26.7. The summed E-state index contributed by atoms with van der Waals surface area (Å²) in [6.45, 7) is 9.87. The number of amides is 2. The SMILES string of the molecule is CCc1cccc2cc(-c3nc4cc5c(cc4n3C)CCN(CC(C)N)C5=O)n(CC3CC3)c12.Cc1cccc2cc(-c3nc4cc5c(cc4n3C)CCN(CC(N)CF)C5=O)n(CC3CC3)c12. The first-order valence-electron chi connectivity index (χ1n) is 24.7. The van der Waals surface area contributed by atoms with Gasteiger partial charge >= 0.3 is 0 Å². The molecule has 2 unspecified atom stereocenters. The van der Waals surface area contributed by atoms with Crippen LogP contribution in [0.1, 0.15) is 82.5 Å². The Morgan fingerprint density at radius 2 is 1.19 bits per heavy atom. The quantitative estimate of drug-likeness (QED) is 0.126. The highest BCUT2D eigenvalue weighted by atomic mass is 19.1. The van der Waals surface area contributed by atoms with Gasteiger partial charge in [-0.15, -0.1) is 0 Å². The molecule has 0 saturated heterocycles. The molecular formula is C55H63FN10O2. The van der Waals surface area contributed by atoms with Crippen LogP contribution in [0.25, 0.3) is 66.9 Å². The maximum absolute atomic E-state index is 13.2. The van der Waals surface area contributed by atoms with Crippen LogP contribution in [-0.2, 0) is 46.4 Å². The van der Waals surface area contributed by atoms with Crippen molar-refractivity contribution in [1.29, 1.82) is 0 Å². The van der Waals surface area contributed by atoms with Gasteiger partial charge in [0.2, 0.25) is 0 Å². The lowest BCUT2D eigenvalue weighted by Crippen LogP contribution is -2.45. The lowest BCUT2D eigenvalue weighted by Gasteiger charge is -2.30. The van der Waals surface area contributed by atoms with Gasteiger partial charge < -0.3 is 39.5 Å². The molecule has 2 atom stereocenters. The van der Waals surface area contributed by atoms with E-state index in [-0.39, 0.29) is 24.4 Å². The fraction of sp³-hybridized carbons (Fsp3) is 0.418. The number of fused-ring (bicyclic) bond motifs is 6. The summed E-state index contributed by atoms with van der Waals surface area (Å²) in [6, 6.07) is 25.1. The summed E-state index contributed by atoms with van der Waals surface area (Å²) in [4.78, 5) is 39.9. The topological polar surface area (TPSA) is 138 Å². The van der Waals surface area contributed by atoms with Crippen molar-refractivity contribution < 1.29 is 14.0 Å². The van der Waals surface area contributed by atoms with Crippen LogP contribution in [0, 0.1) is 18.8 Å². The fourth-order valence-corrected chi connectivity index (χ4v) is 11.0. The highest BCUT2D eigenvalue weighted by molar-refractivity contribution is 6.02. The Kier molecular flexibility index (Phi) is 11.3. The van der Waals surface area contributed by atoms with Gasteiger partial charge in [-0.1, -0.05) is 43.3 Å². The molecule has 12 rings (SSSR count). The lowest BCUT2D eigenvalue weighted by molar-refractivity contribution is 0.0720. The van der Waals surface area contributed by atoms with E-state index in [0.717, 1.165) is 107 Å². The number of halogens is 1. The maximum atomic E-state index is 13.2. The predicted octanol–water partition coefficient (Wildman–Crippen LogP) is 8.72. The third-order valence-electron chi connectivity index (χ3n) is 15.0. The van der Waals surface area contributed by atoms with E-state index in [1.54, 1.807) is 4.90 Å². The Morgan fingerprint density at radius 1 is 0.691 bits per heavy atom. The van der Waals surface area contributed by atoms with Crippen molar-refractivity contribution in [3.05, 3.63) is 106 Å². The monoisotopic (exact) mass is 915 g/mol. The molecule has 13 heteroatoms. The number of nitrogens with zero attached hydrogens (tertiary/aromatic N) is 8. The number of rotatable bonds is 12. The number of benzene rings is 4. The maximum Gasteiger partial charge on any atom is 0.254 e. The van der Waals surface area contributed by atoms with Gasteiger partial charge in [0, 0.05) is 81.3 Å². The van der Waals surface area contributed by atoms with Crippen molar-refractivity contribution in [3.63, 3.8) is 0 Å². The molecule has 0 radical (unpaired) electrons. The zero-order chi connectivity index (χ0) is 47.1. The normalized spacial score (nSPS) is 17.1. The zero-order valence-electron chi connectivity index (χ0n) is 40.1. The largest absolute Gasteiger partial charge is 0.337 e. The molecule has 2 saturated carbocycles. The Hall–Kier alpha value is -6.31. The first kappa shape index (κ1) is 44.2. The molecule has 4 aliphatic rings. The van der Waals surface area contributed by atoms with Gasteiger partial charge in [-0.05, 0) is 129 Å². The first-order valence-corrected chi connectivity index (χ1v) is 24.7. The average Bonchev–Trinajstić information content (AvgIpc) is 4.21. The third kappa shape index (κ3) is 7.86. The number of aryl methyl sites for hydroxylation is 4. The highest BCUT2D eigenvalue weighted by Gasteiger charge is 2.31. The van der Waals surface area contributed by atoms with Crippen LogP contribution in [0.5, 0.6) is 0 Å². The van der Waals surface area contributed by atoms with Crippen LogP contribution in [0.4, 0.5) is 4.39 Å². The van der Waals surface area contributed by atoms with Crippen LogP contribution in [0.2, 0.25) is 0 Å². The number of hydrogen-bond acceptors (Lipinski definition) is 6. The first-order chi connectivity index (χ1) is 32.9. The Bertz CT molecular complexity index is 3290. The zero-order valence-corrected chi connectivity index (χ0v) is 40.1. The number of aromatic nitrogens is 6. The minimum absolute atomic E-state index is 0.0305. The van der Waals surface area contributed by atoms with Crippen molar-refractivity contribution in [2.45, 2.75) is 90.9 Å². The molecule has 8 aromatic rings. The molecule has 0 spiro atoms. The van der Waals surface area contributed by atoms with Crippen molar-refractivity contribution in [2.24, 2.45) is 37.4 Å². The molecule has 2 fully saturated rings. The number of nitrogens with two attached hydrogens (primary N) is 2. The molecule has 0 bridgehead atoms. The second kappa shape index (κ2) is 17.3. The van der Waals surface area contributed by atoms with E-state index in [4.69, 9.17) is 21.4 Å². The van der Waals surface area contributed by atoms with E-state index in [2.05, 4.69) is 107 Å². The van der Waals surface area contributed by atoms with Gasteiger partial charge in [0.25, 0.3) is 11.8 Å². The lowest BCUT2D eigenvalue weighted by atomic mass is 9.97. The summed E-state index contributed by atoms with van der Waals surface area (Å²) >= 11 is 0. The van der Waals surface area contributed by atoms with Gasteiger partial charge in [-0.3, -0.25) is 9.59 Å². The van der Waals surface area contributed by atoms with Crippen molar-refractivity contribution in [3.8, 4) is 23.0 Å². The molecule has 6 heterocycles. The Balaban J connectivity index is 0.000000149. The van der Waals surface area contributed by atoms with Gasteiger partial charge in [-0.25, -0.2) is 14.4 Å². The van der Waals surface area contributed by atoms with Gasteiger partial charge in [0.05, 0.1) is 50.5 Å². The average molecular weight is 915 g/mol. The van der Waals surface area contributed by atoms with Crippen LogP contribution < -0.4 is 11.5 Å². The summed E-state index contributed by atoms with van der Waals surface area (Å²) in [5, 5.41) is 2.51. The number of carbonyl (C=O) groups excluding carboxylic acids is 2. The number of para-hydroxylation sites is 2. The molecule has 68 heavy (non-hydrogen) atoms.